The lowest BCUT2D eigenvalue weighted by Gasteiger charge is -2.61. The van der Waals surface area contributed by atoms with Crippen molar-refractivity contribution in [3.63, 3.8) is 0 Å². The van der Waals surface area contributed by atoms with Crippen LogP contribution in [0.4, 0.5) is 4.79 Å². The van der Waals surface area contributed by atoms with Crippen LogP contribution in [0.2, 0.25) is 0 Å². The number of rotatable bonds is 5. The van der Waals surface area contributed by atoms with Crippen LogP contribution in [0.1, 0.15) is 91.4 Å². The van der Waals surface area contributed by atoms with Gasteiger partial charge in [-0.25, -0.2) is 4.79 Å². The maximum absolute atomic E-state index is 12.4. The topological polar surface area (TPSA) is 103 Å². The first-order valence-corrected chi connectivity index (χ1v) is 15.2. The molecule has 0 bridgehead atoms. The van der Waals surface area contributed by atoms with Crippen molar-refractivity contribution in [2.75, 3.05) is 20.6 Å². The molecule has 0 aromatic carbocycles. The fraction of sp³-hybridized carbons (Fsp3) is 0.900. The van der Waals surface area contributed by atoms with Crippen LogP contribution in [0.3, 0.4) is 0 Å². The van der Waals surface area contributed by atoms with E-state index in [9.17, 15) is 14.7 Å². The van der Waals surface area contributed by atoms with E-state index in [1.54, 1.807) is 19.0 Å². The molecule has 2 unspecified atom stereocenters. The highest BCUT2D eigenvalue weighted by Crippen LogP contribution is 2.67. The Bertz CT molecular complexity index is 939. The van der Waals surface area contributed by atoms with E-state index in [2.05, 4.69) is 29.6 Å². The lowest BCUT2D eigenvalue weighted by molar-refractivity contribution is -0.130. The first kappa shape index (κ1) is 27.9. The molecule has 10 atom stereocenters. The Morgan fingerprint density at radius 1 is 1.00 bits per heavy atom. The Morgan fingerprint density at radius 2 is 1.74 bits per heavy atom. The molecule has 0 radical (unpaired) electrons. The van der Waals surface area contributed by atoms with E-state index < -0.39 is 6.09 Å². The van der Waals surface area contributed by atoms with Gasteiger partial charge in [0, 0.05) is 32.6 Å². The summed E-state index contributed by atoms with van der Waals surface area (Å²) in [7, 11) is 3.53. The van der Waals surface area contributed by atoms with Gasteiger partial charge in [0.1, 0.15) is 0 Å². The summed E-state index contributed by atoms with van der Waals surface area (Å²) in [5, 5.41) is 20.8. The van der Waals surface area contributed by atoms with Crippen molar-refractivity contribution in [1.82, 2.24) is 15.5 Å². The van der Waals surface area contributed by atoms with Crippen molar-refractivity contribution < 1.29 is 19.5 Å². The highest BCUT2D eigenvalue weighted by molar-refractivity contribution is 5.85. The second-order valence-electron chi connectivity index (χ2n) is 14.0. The summed E-state index contributed by atoms with van der Waals surface area (Å²) in [6.45, 7) is 7.47. The van der Waals surface area contributed by atoms with E-state index in [1.807, 2.05) is 6.92 Å². The molecule has 1 aliphatic heterocycles. The van der Waals surface area contributed by atoms with Gasteiger partial charge in [0.15, 0.2) is 0 Å². The summed E-state index contributed by atoms with van der Waals surface area (Å²) in [5.41, 5.74) is 1.55. The second kappa shape index (κ2) is 10.7. The van der Waals surface area contributed by atoms with E-state index in [-0.39, 0.29) is 29.5 Å². The van der Waals surface area contributed by atoms with Crippen LogP contribution in [0.15, 0.2) is 5.16 Å². The number of hydrogen-bond acceptors (Lipinski definition) is 6. The number of fused-ring (bicyclic) bond motifs is 5. The predicted octanol–water partition coefficient (Wildman–Crippen LogP) is 4.32. The number of nitrogens with zero attached hydrogens (tertiary/aromatic N) is 2. The molecule has 0 aromatic rings. The highest BCUT2D eigenvalue weighted by atomic mass is 16.7. The number of amides is 2. The van der Waals surface area contributed by atoms with Crippen molar-refractivity contribution in [1.29, 1.82) is 0 Å². The third-order valence-corrected chi connectivity index (χ3v) is 11.9. The number of aliphatic hydroxyl groups excluding tert-OH is 1. The predicted molar refractivity (Wildman–Crippen MR) is 147 cm³/mol. The van der Waals surface area contributed by atoms with Crippen LogP contribution < -0.4 is 10.6 Å². The largest absolute Gasteiger partial charge is 0.433 e. The number of carbonyl (C=O) groups excluding carboxylic acids is 2. The Morgan fingerprint density at radius 3 is 2.50 bits per heavy atom. The number of nitrogens with one attached hydrogen (secondary N) is 2. The molecule has 5 fully saturated rings. The van der Waals surface area contributed by atoms with E-state index in [0.717, 1.165) is 49.7 Å². The SMILES string of the molecule is C/C(=N\OC(=O)NCC1CCC(C(=O)N(C)C)N1)[C@H]1CC[C@H]2[C@@H]3CC[C@H]4C[C@@H](O)CC[C@]4(C)[C@H]3CC[C@]12C. The molecular formula is C30H50N4O4. The molecule has 0 spiro atoms. The molecule has 1 heterocycles. The molecular weight excluding hydrogens is 480 g/mol. The van der Waals surface area contributed by atoms with Crippen molar-refractivity contribution in [2.45, 2.75) is 110 Å². The first-order chi connectivity index (χ1) is 18.0. The molecule has 214 valence electrons. The lowest BCUT2D eigenvalue weighted by atomic mass is 9.44. The second-order valence-corrected chi connectivity index (χ2v) is 14.0. The molecule has 3 N–H and O–H groups in total. The Labute approximate surface area is 228 Å². The van der Waals surface area contributed by atoms with Crippen LogP contribution in [-0.4, -0.2) is 66.5 Å². The summed E-state index contributed by atoms with van der Waals surface area (Å²) in [4.78, 5) is 31.5. The zero-order valence-electron chi connectivity index (χ0n) is 24.2. The smallest absolute Gasteiger partial charge is 0.393 e. The van der Waals surface area contributed by atoms with Gasteiger partial charge in [-0.3, -0.25) is 9.63 Å². The average molecular weight is 531 g/mol. The number of carbonyl (C=O) groups is 2. The molecule has 4 aliphatic carbocycles. The molecule has 5 aliphatic rings. The molecule has 1 saturated heterocycles. The van der Waals surface area contributed by atoms with Crippen molar-refractivity contribution >= 4 is 17.7 Å². The van der Waals surface area contributed by atoms with Crippen molar-refractivity contribution in [3.05, 3.63) is 0 Å². The Kier molecular flexibility index (Phi) is 7.86. The van der Waals surface area contributed by atoms with Crippen molar-refractivity contribution in [3.8, 4) is 0 Å². The zero-order valence-corrected chi connectivity index (χ0v) is 24.2. The van der Waals surface area contributed by atoms with Gasteiger partial charge in [0.05, 0.1) is 17.9 Å². The molecule has 5 rings (SSSR count). The maximum Gasteiger partial charge on any atom is 0.433 e. The van der Waals surface area contributed by atoms with Gasteiger partial charge in [0.25, 0.3) is 0 Å². The minimum absolute atomic E-state index is 0.0654. The lowest BCUT2D eigenvalue weighted by Crippen LogP contribution is -2.54. The first-order valence-electron chi connectivity index (χ1n) is 15.2. The summed E-state index contributed by atoms with van der Waals surface area (Å²) in [6, 6.07) is -0.114. The van der Waals surface area contributed by atoms with Gasteiger partial charge in [-0.05, 0) is 112 Å². The third kappa shape index (κ3) is 5.00. The van der Waals surface area contributed by atoms with Crippen LogP contribution in [0, 0.1) is 40.4 Å². The highest BCUT2D eigenvalue weighted by Gasteiger charge is 2.60. The standard InChI is InChI=1S/C30H50N4O4/c1-18(33-38-28(37)31-17-20-7-11-26(32-20)27(36)34(4)5)23-9-10-24-22-8-6-19-16-21(35)12-14-29(19,2)25(22)13-15-30(23,24)3/h19-26,32,35H,6-17H2,1-5H3,(H,31,37)/b33-18+/t19-,20?,21-,22-,23+,24-,25-,26?,29-,30+/m0/s1. The van der Waals surface area contributed by atoms with Gasteiger partial charge >= 0.3 is 6.09 Å². The molecule has 4 saturated carbocycles. The molecule has 2 amide bonds. The molecule has 0 aromatic heterocycles. The molecule has 8 heteroatoms. The zero-order chi connectivity index (χ0) is 27.2. The van der Waals surface area contributed by atoms with Gasteiger partial charge in [-0.2, -0.15) is 0 Å². The van der Waals surface area contributed by atoms with Crippen molar-refractivity contribution in [2.24, 2.45) is 45.6 Å². The fourth-order valence-corrected chi connectivity index (χ4v) is 9.82. The minimum Gasteiger partial charge on any atom is -0.393 e. The van der Waals surface area contributed by atoms with Gasteiger partial charge in [-0.15, -0.1) is 0 Å². The Balaban J connectivity index is 1.15. The normalized spacial score (nSPS) is 44.5. The third-order valence-electron chi connectivity index (χ3n) is 11.9. The summed E-state index contributed by atoms with van der Waals surface area (Å²) in [6.07, 6.45) is 11.6. The molecule has 38 heavy (non-hydrogen) atoms. The molecule has 8 nitrogen and oxygen atoms in total. The van der Waals surface area contributed by atoms with E-state index in [4.69, 9.17) is 4.84 Å². The number of likely N-dealkylation sites (N-methyl/N-ethyl adjacent to an activating group) is 1. The number of hydrogen-bond donors (Lipinski definition) is 3. The number of aliphatic hydroxyl groups is 1. The van der Waals surface area contributed by atoms with Crippen LogP contribution in [0.25, 0.3) is 0 Å². The summed E-state index contributed by atoms with van der Waals surface area (Å²) >= 11 is 0. The van der Waals surface area contributed by atoms with E-state index in [0.29, 0.717) is 29.7 Å². The van der Waals surface area contributed by atoms with Crippen LogP contribution in [-0.2, 0) is 9.63 Å². The summed E-state index contributed by atoms with van der Waals surface area (Å²) in [5.74, 6) is 3.38. The average Bonchev–Trinajstić information content (AvgIpc) is 3.50. The van der Waals surface area contributed by atoms with Crippen LogP contribution in [0.5, 0.6) is 0 Å². The quantitative estimate of drug-likeness (QED) is 0.279. The van der Waals surface area contributed by atoms with E-state index >= 15 is 0 Å². The van der Waals surface area contributed by atoms with Gasteiger partial charge < -0.3 is 20.6 Å². The summed E-state index contributed by atoms with van der Waals surface area (Å²) < 4.78 is 0. The monoisotopic (exact) mass is 530 g/mol. The minimum atomic E-state index is -0.525. The van der Waals surface area contributed by atoms with Gasteiger partial charge in [-0.1, -0.05) is 19.0 Å². The fourth-order valence-electron chi connectivity index (χ4n) is 9.82. The number of oxime groups is 1. The Hall–Kier alpha value is -1.67. The maximum atomic E-state index is 12.4. The van der Waals surface area contributed by atoms with Gasteiger partial charge in [0.2, 0.25) is 5.91 Å². The van der Waals surface area contributed by atoms with E-state index in [1.165, 1.54) is 38.5 Å². The van der Waals surface area contributed by atoms with Crippen LogP contribution >= 0.6 is 0 Å².